The summed E-state index contributed by atoms with van der Waals surface area (Å²) in [6.45, 7) is 4.12. The fourth-order valence-corrected chi connectivity index (χ4v) is 3.15. The third-order valence-electron chi connectivity index (χ3n) is 2.83. The van der Waals surface area contributed by atoms with Crippen molar-refractivity contribution in [2.75, 3.05) is 0 Å². The summed E-state index contributed by atoms with van der Waals surface area (Å²) in [4.78, 5) is 0.771. The number of hydrogen-bond acceptors (Lipinski definition) is 2. The fraction of sp³-hybridized carbons (Fsp3) is 0.438. The summed E-state index contributed by atoms with van der Waals surface area (Å²) in [5, 5.41) is 0. The highest BCUT2D eigenvalue weighted by Crippen LogP contribution is 2.22. The predicted octanol–water partition coefficient (Wildman–Crippen LogP) is 4.49. The lowest BCUT2D eigenvalue weighted by atomic mass is 10.2. The molecule has 104 valence electrons. The average molecular weight is 278 g/mol. The largest absolute Gasteiger partial charge is 0.218 e. The quantitative estimate of drug-likeness (QED) is 0.689. The van der Waals surface area contributed by atoms with Gasteiger partial charge in [0, 0.05) is 0 Å². The Morgan fingerprint density at radius 1 is 1.16 bits per heavy atom. The van der Waals surface area contributed by atoms with E-state index < -0.39 is 9.84 Å². The summed E-state index contributed by atoms with van der Waals surface area (Å²) in [5.74, 6) is 0. The first kappa shape index (κ1) is 15.7. The van der Waals surface area contributed by atoms with Crippen molar-refractivity contribution in [1.29, 1.82) is 0 Å². The van der Waals surface area contributed by atoms with Gasteiger partial charge in [0.2, 0.25) is 9.84 Å². The van der Waals surface area contributed by atoms with Crippen molar-refractivity contribution >= 4 is 9.84 Å². The third-order valence-corrected chi connectivity index (χ3v) is 4.69. The van der Waals surface area contributed by atoms with Gasteiger partial charge in [-0.25, -0.2) is 8.42 Å². The van der Waals surface area contributed by atoms with Crippen molar-refractivity contribution in [3.63, 3.8) is 0 Å². The van der Waals surface area contributed by atoms with Gasteiger partial charge in [0.15, 0.2) is 0 Å². The number of sulfone groups is 1. The summed E-state index contributed by atoms with van der Waals surface area (Å²) >= 11 is 0. The van der Waals surface area contributed by atoms with E-state index in [4.69, 9.17) is 0 Å². The summed E-state index contributed by atoms with van der Waals surface area (Å²) in [5.41, 5.74) is 3.00. The molecule has 0 aliphatic heterocycles. The Kier molecular flexibility index (Phi) is 6.61. The minimum Gasteiger partial charge on any atom is -0.218 e. The van der Waals surface area contributed by atoms with Crippen LogP contribution in [-0.2, 0) is 9.84 Å². The van der Waals surface area contributed by atoms with Gasteiger partial charge in [-0.2, -0.15) is 0 Å². The monoisotopic (exact) mass is 278 g/mol. The number of rotatable bonds is 7. The number of hydrogen-bond donors (Lipinski definition) is 0. The Hall–Kier alpha value is -1.31. The zero-order valence-corrected chi connectivity index (χ0v) is 12.5. The molecule has 0 aromatic heterocycles. The number of benzene rings is 1. The Morgan fingerprint density at radius 3 is 2.42 bits per heavy atom. The lowest BCUT2D eigenvalue weighted by molar-refractivity contribution is 0.599. The van der Waals surface area contributed by atoms with Gasteiger partial charge in [-0.05, 0) is 37.5 Å². The molecule has 0 heterocycles. The molecular weight excluding hydrogens is 256 g/mol. The molecule has 2 nitrogen and oxygen atoms in total. The molecule has 1 rings (SSSR count). The van der Waals surface area contributed by atoms with Crippen LogP contribution in [0.1, 0.15) is 46.0 Å². The van der Waals surface area contributed by atoms with Gasteiger partial charge < -0.3 is 0 Å². The maximum atomic E-state index is 12.5. The van der Waals surface area contributed by atoms with E-state index >= 15 is 0 Å². The second-order valence-electron chi connectivity index (χ2n) is 4.48. The average Bonchev–Trinajstić information content (AvgIpc) is 2.43. The van der Waals surface area contributed by atoms with Gasteiger partial charge in [-0.15, -0.1) is 5.73 Å². The minimum absolute atomic E-state index is 0.360. The Labute approximate surface area is 116 Å². The van der Waals surface area contributed by atoms with Crippen LogP contribution in [0.5, 0.6) is 0 Å². The first-order valence-electron chi connectivity index (χ1n) is 6.87. The molecule has 0 bridgehead atoms. The molecule has 0 unspecified atom stereocenters. The van der Waals surface area contributed by atoms with Crippen molar-refractivity contribution in [3.8, 4) is 0 Å². The Morgan fingerprint density at radius 2 is 1.84 bits per heavy atom. The molecule has 0 atom stereocenters. The number of unbranched alkanes of at least 4 members (excludes halogenated alkanes) is 2. The molecule has 0 N–H and O–H groups in total. The Bertz CT molecular complexity index is 535. The van der Waals surface area contributed by atoms with Crippen LogP contribution in [0.15, 0.2) is 51.9 Å². The first-order valence-corrected chi connectivity index (χ1v) is 8.35. The topological polar surface area (TPSA) is 34.1 Å². The van der Waals surface area contributed by atoms with E-state index in [1.807, 2.05) is 12.1 Å². The van der Waals surface area contributed by atoms with E-state index in [1.54, 1.807) is 24.3 Å². The van der Waals surface area contributed by atoms with Gasteiger partial charge in [0.1, 0.15) is 0 Å². The smallest absolute Gasteiger partial charge is 0.210 e. The molecular formula is C16H22O2S. The molecule has 0 aliphatic rings. The Balaban J connectivity index is 3.13. The van der Waals surface area contributed by atoms with E-state index in [0.717, 1.165) is 25.7 Å². The zero-order chi connectivity index (χ0) is 14.1. The van der Waals surface area contributed by atoms with Crippen LogP contribution in [0.2, 0.25) is 0 Å². The van der Waals surface area contributed by atoms with Crippen molar-refractivity contribution in [3.05, 3.63) is 47.0 Å². The van der Waals surface area contributed by atoms with Crippen LogP contribution < -0.4 is 0 Å². The van der Waals surface area contributed by atoms with Crippen LogP contribution in [0.4, 0.5) is 0 Å². The SMILES string of the molecule is CCCC=C=C(CCCC)S(=O)(=O)c1ccccc1. The lowest BCUT2D eigenvalue weighted by Gasteiger charge is -2.06. The summed E-state index contributed by atoms with van der Waals surface area (Å²) < 4.78 is 25.0. The summed E-state index contributed by atoms with van der Waals surface area (Å²) in [6, 6.07) is 8.60. The highest BCUT2D eigenvalue weighted by molar-refractivity contribution is 7.95. The van der Waals surface area contributed by atoms with Gasteiger partial charge >= 0.3 is 0 Å². The van der Waals surface area contributed by atoms with E-state index in [0.29, 0.717) is 16.2 Å². The highest BCUT2D eigenvalue weighted by Gasteiger charge is 2.19. The van der Waals surface area contributed by atoms with E-state index in [1.165, 1.54) is 0 Å². The maximum Gasteiger partial charge on any atom is 0.210 e. The summed E-state index contributed by atoms with van der Waals surface area (Å²) in [7, 11) is -3.38. The first-order chi connectivity index (χ1) is 9.12. The molecule has 3 heteroatoms. The maximum absolute atomic E-state index is 12.5. The molecule has 0 fully saturated rings. The van der Waals surface area contributed by atoms with Crippen LogP contribution in [0.25, 0.3) is 0 Å². The molecule has 0 spiro atoms. The van der Waals surface area contributed by atoms with Crippen molar-refractivity contribution in [2.24, 2.45) is 0 Å². The zero-order valence-electron chi connectivity index (χ0n) is 11.7. The molecule has 0 saturated carbocycles. The standard InChI is InChI=1S/C16H22O2S/c1-3-5-8-12-15(11-6-4-2)19(17,18)16-13-9-7-10-14-16/h7-10,13-14H,3-6,11H2,1-2H3. The second-order valence-corrected chi connectivity index (χ2v) is 6.45. The van der Waals surface area contributed by atoms with Crippen LogP contribution in [-0.4, -0.2) is 8.42 Å². The van der Waals surface area contributed by atoms with Crippen molar-refractivity contribution in [2.45, 2.75) is 50.8 Å². The van der Waals surface area contributed by atoms with Crippen LogP contribution in [0.3, 0.4) is 0 Å². The second kappa shape index (κ2) is 7.98. The molecule has 0 amide bonds. The van der Waals surface area contributed by atoms with Crippen molar-refractivity contribution < 1.29 is 8.42 Å². The molecule has 19 heavy (non-hydrogen) atoms. The van der Waals surface area contributed by atoms with Gasteiger partial charge in [0.05, 0.1) is 9.80 Å². The normalized spacial score (nSPS) is 10.8. The predicted molar refractivity (Wildman–Crippen MR) is 79.7 cm³/mol. The highest BCUT2D eigenvalue weighted by atomic mass is 32.2. The van der Waals surface area contributed by atoms with E-state index in [9.17, 15) is 8.42 Å². The van der Waals surface area contributed by atoms with E-state index in [-0.39, 0.29) is 0 Å². The lowest BCUT2D eigenvalue weighted by Crippen LogP contribution is -2.04. The van der Waals surface area contributed by atoms with Gasteiger partial charge in [-0.3, -0.25) is 0 Å². The molecule has 0 saturated heterocycles. The molecule has 1 aromatic rings. The summed E-state index contributed by atoms with van der Waals surface area (Å²) in [6.07, 6.45) is 6.11. The fourth-order valence-electron chi connectivity index (χ4n) is 1.69. The van der Waals surface area contributed by atoms with Crippen molar-refractivity contribution in [1.82, 2.24) is 0 Å². The van der Waals surface area contributed by atoms with Crippen LogP contribution in [0, 0.1) is 0 Å². The van der Waals surface area contributed by atoms with E-state index in [2.05, 4.69) is 19.6 Å². The molecule has 1 aromatic carbocycles. The molecule has 0 aliphatic carbocycles. The van der Waals surface area contributed by atoms with Gasteiger partial charge in [-0.1, -0.05) is 44.9 Å². The third kappa shape index (κ3) is 4.70. The number of allylic oxidation sites excluding steroid dienone is 1. The minimum atomic E-state index is -3.38. The van der Waals surface area contributed by atoms with Gasteiger partial charge in [0.25, 0.3) is 0 Å². The molecule has 0 radical (unpaired) electrons. The van der Waals surface area contributed by atoms with Crippen LogP contribution >= 0.6 is 0 Å².